The quantitative estimate of drug-likeness (QED) is 0.578. The van der Waals surface area contributed by atoms with Crippen molar-refractivity contribution in [3.63, 3.8) is 0 Å². The SMILES string of the molecule is Oc1cccc2c1C(O)CO2. The summed E-state index contributed by atoms with van der Waals surface area (Å²) >= 11 is 0. The monoisotopic (exact) mass is 152 g/mol. The normalized spacial score (nSPS) is 21.0. The summed E-state index contributed by atoms with van der Waals surface area (Å²) in [5, 5.41) is 18.5. The molecule has 0 bridgehead atoms. The number of fused-ring (bicyclic) bond motifs is 1. The highest BCUT2D eigenvalue weighted by molar-refractivity contribution is 5.47. The number of aliphatic hydroxyl groups excluding tert-OH is 1. The zero-order valence-electron chi connectivity index (χ0n) is 5.82. The average molecular weight is 152 g/mol. The molecule has 1 aliphatic heterocycles. The van der Waals surface area contributed by atoms with Crippen LogP contribution in [0.1, 0.15) is 11.7 Å². The van der Waals surface area contributed by atoms with Crippen molar-refractivity contribution >= 4 is 0 Å². The molecule has 0 aliphatic carbocycles. The van der Waals surface area contributed by atoms with E-state index >= 15 is 0 Å². The van der Waals surface area contributed by atoms with Crippen LogP contribution < -0.4 is 4.74 Å². The summed E-state index contributed by atoms with van der Waals surface area (Å²) in [5.74, 6) is 0.685. The number of phenols is 1. The van der Waals surface area contributed by atoms with Gasteiger partial charge in [-0.1, -0.05) is 6.07 Å². The summed E-state index contributed by atoms with van der Waals surface area (Å²) in [7, 11) is 0. The van der Waals surface area contributed by atoms with Crippen LogP contribution in [-0.4, -0.2) is 16.8 Å². The van der Waals surface area contributed by atoms with Gasteiger partial charge in [0, 0.05) is 0 Å². The predicted molar refractivity (Wildman–Crippen MR) is 38.6 cm³/mol. The molecule has 0 amide bonds. The van der Waals surface area contributed by atoms with Crippen molar-refractivity contribution in [1.82, 2.24) is 0 Å². The minimum atomic E-state index is -0.675. The highest BCUT2D eigenvalue weighted by Crippen LogP contribution is 2.38. The fourth-order valence-electron chi connectivity index (χ4n) is 1.25. The largest absolute Gasteiger partial charge is 0.507 e. The van der Waals surface area contributed by atoms with E-state index in [9.17, 15) is 10.2 Å². The molecule has 0 saturated heterocycles. The Morgan fingerprint density at radius 3 is 3.00 bits per heavy atom. The third kappa shape index (κ3) is 0.851. The Bertz CT molecular complexity index is 283. The van der Waals surface area contributed by atoms with Crippen molar-refractivity contribution < 1.29 is 14.9 Å². The molecule has 1 heterocycles. The first-order valence-corrected chi connectivity index (χ1v) is 3.42. The molecule has 0 radical (unpaired) electrons. The highest BCUT2D eigenvalue weighted by atomic mass is 16.5. The second-order valence-electron chi connectivity index (χ2n) is 2.52. The molecule has 0 aromatic heterocycles. The van der Waals surface area contributed by atoms with Crippen LogP contribution in [0.5, 0.6) is 11.5 Å². The molecule has 3 nitrogen and oxygen atoms in total. The van der Waals surface area contributed by atoms with Crippen LogP contribution in [0.3, 0.4) is 0 Å². The first-order chi connectivity index (χ1) is 5.29. The molecule has 0 fully saturated rings. The number of hydrogen-bond donors (Lipinski definition) is 2. The fraction of sp³-hybridized carbons (Fsp3) is 0.250. The van der Waals surface area contributed by atoms with Gasteiger partial charge in [-0.25, -0.2) is 0 Å². The van der Waals surface area contributed by atoms with Crippen molar-refractivity contribution in [3.8, 4) is 11.5 Å². The Morgan fingerprint density at radius 2 is 2.27 bits per heavy atom. The summed E-state index contributed by atoms with van der Waals surface area (Å²) in [6.07, 6.45) is -0.675. The molecule has 2 N–H and O–H groups in total. The van der Waals surface area contributed by atoms with Crippen molar-refractivity contribution in [2.24, 2.45) is 0 Å². The number of aliphatic hydroxyl groups is 1. The third-order valence-corrected chi connectivity index (χ3v) is 1.77. The van der Waals surface area contributed by atoms with Gasteiger partial charge in [0.15, 0.2) is 0 Å². The second-order valence-corrected chi connectivity index (χ2v) is 2.52. The minimum Gasteiger partial charge on any atom is -0.507 e. The van der Waals surface area contributed by atoms with Gasteiger partial charge in [-0.05, 0) is 12.1 Å². The molecular weight excluding hydrogens is 144 g/mol. The lowest BCUT2D eigenvalue weighted by atomic mass is 10.1. The van der Waals surface area contributed by atoms with E-state index in [0.717, 1.165) is 0 Å². The van der Waals surface area contributed by atoms with E-state index < -0.39 is 6.10 Å². The summed E-state index contributed by atoms with van der Waals surface area (Å²) in [5.41, 5.74) is 0.507. The van der Waals surface area contributed by atoms with E-state index in [-0.39, 0.29) is 12.4 Å². The second kappa shape index (κ2) is 2.13. The molecule has 1 unspecified atom stereocenters. The first-order valence-electron chi connectivity index (χ1n) is 3.42. The van der Waals surface area contributed by atoms with Crippen LogP contribution in [-0.2, 0) is 0 Å². The van der Waals surface area contributed by atoms with Crippen molar-refractivity contribution in [1.29, 1.82) is 0 Å². The maximum absolute atomic E-state index is 9.28. The zero-order valence-corrected chi connectivity index (χ0v) is 5.82. The van der Waals surface area contributed by atoms with E-state index in [4.69, 9.17) is 4.74 Å². The lowest BCUT2D eigenvalue weighted by Crippen LogP contribution is -1.97. The average Bonchev–Trinajstić information content (AvgIpc) is 2.34. The van der Waals surface area contributed by atoms with Gasteiger partial charge < -0.3 is 14.9 Å². The number of aromatic hydroxyl groups is 1. The van der Waals surface area contributed by atoms with Crippen LogP contribution in [0, 0.1) is 0 Å². The van der Waals surface area contributed by atoms with Crippen LogP contribution in [0.15, 0.2) is 18.2 Å². The lowest BCUT2D eigenvalue weighted by Gasteiger charge is -2.01. The van der Waals surface area contributed by atoms with E-state index in [1.54, 1.807) is 12.1 Å². The Morgan fingerprint density at radius 1 is 1.45 bits per heavy atom. The van der Waals surface area contributed by atoms with Gasteiger partial charge in [-0.15, -0.1) is 0 Å². The van der Waals surface area contributed by atoms with E-state index in [1.807, 2.05) is 0 Å². The number of benzene rings is 1. The van der Waals surface area contributed by atoms with Crippen molar-refractivity contribution in [2.75, 3.05) is 6.61 Å². The molecule has 11 heavy (non-hydrogen) atoms. The molecule has 1 aliphatic rings. The van der Waals surface area contributed by atoms with Crippen molar-refractivity contribution in [3.05, 3.63) is 23.8 Å². The first kappa shape index (κ1) is 6.49. The van der Waals surface area contributed by atoms with Crippen LogP contribution in [0.4, 0.5) is 0 Å². The molecule has 1 aromatic carbocycles. The predicted octanol–water partition coefficient (Wildman–Crippen LogP) is 0.818. The maximum Gasteiger partial charge on any atom is 0.129 e. The minimum absolute atomic E-state index is 0.104. The van der Waals surface area contributed by atoms with Gasteiger partial charge in [-0.3, -0.25) is 0 Å². The van der Waals surface area contributed by atoms with Crippen LogP contribution in [0.25, 0.3) is 0 Å². The van der Waals surface area contributed by atoms with Gasteiger partial charge in [0.25, 0.3) is 0 Å². The van der Waals surface area contributed by atoms with Gasteiger partial charge in [0.1, 0.15) is 24.2 Å². The standard InChI is InChI=1S/C8H8O3/c9-5-2-1-3-7-8(5)6(10)4-11-7/h1-3,6,9-10H,4H2. The van der Waals surface area contributed by atoms with E-state index in [2.05, 4.69) is 0 Å². The molecule has 1 aromatic rings. The Hall–Kier alpha value is -1.22. The van der Waals surface area contributed by atoms with Gasteiger partial charge in [-0.2, -0.15) is 0 Å². The summed E-state index contributed by atoms with van der Waals surface area (Å²) in [6.45, 7) is 0.243. The summed E-state index contributed by atoms with van der Waals surface area (Å²) < 4.78 is 5.08. The molecule has 58 valence electrons. The number of ether oxygens (including phenoxy) is 1. The van der Waals surface area contributed by atoms with E-state index in [1.165, 1.54) is 6.07 Å². The van der Waals surface area contributed by atoms with Crippen molar-refractivity contribution in [2.45, 2.75) is 6.10 Å². The molecule has 2 rings (SSSR count). The molecule has 3 heteroatoms. The van der Waals surface area contributed by atoms with Crippen LogP contribution in [0.2, 0.25) is 0 Å². The fourth-order valence-corrected chi connectivity index (χ4v) is 1.25. The number of rotatable bonds is 0. The maximum atomic E-state index is 9.28. The Kier molecular flexibility index (Phi) is 1.26. The molecule has 0 saturated carbocycles. The van der Waals surface area contributed by atoms with E-state index in [0.29, 0.717) is 11.3 Å². The van der Waals surface area contributed by atoms with Gasteiger partial charge >= 0.3 is 0 Å². The Labute approximate surface area is 63.9 Å². The molecular formula is C8H8O3. The molecule has 1 atom stereocenters. The zero-order chi connectivity index (χ0) is 7.84. The van der Waals surface area contributed by atoms with Gasteiger partial charge in [0.2, 0.25) is 0 Å². The van der Waals surface area contributed by atoms with Crippen LogP contribution >= 0.6 is 0 Å². The lowest BCUT2D eigenvalue weighted by molar-refractivity contribution is 0.139. The number of phenolic OH excluding ortho intramolecular Hbond substituents is 1. The number of hydrogen-bond acceptors (Lipinski definition) is 3. The smallest absolute Gasteiger partial charge is 0.129 e. The topological polar surface area (TPSA) is 49.7 Å². The summed E-state index contributed by atoms with van der Waals surface area (Å²) in [6, 6.07) is 4.95. The van der Waals surface area contributed by atoms with Gasteiger partial charge in [0.05, 0.1) is 5.56 Å². The summed E-state index contributed by atoms with van der Waals surface area (Å²) in [4.78, 5) is 0. The third-order valence-electron chi connectivity index (χ3n) is 1.77. The Balaban J connectivity index is 2.58. The highest BCUT2D eigenvalue weighted by Gasteiger charge is 2.24. The molecule has 0 spiro atoms.